The number of hydrogen-bond donors (Lipinski definition) is 1. The predicted molar refractivity (Wildman–Crippen MR) is 63.6 cm³/mol. The van der Waals surface area contributed by atoms with Crippen LogP contribution in [0.25, 0.3) is 6.08 Å². The minimum Gasteiger partial charge on any atom is -0.316 e. The molecule has 1 aromatic rings. The molecule has 0 aromatic heterocycles. The molecule has 0 aliphatic rings. The summed E-state index contributed by atoms with van der Waals surface area (Å²) in [5.74, 6) is 0. The smallest absolute Gasteiger partial charge is 0.263 e. The lowest BCUT2D eigenvalue weighted by Gasteiger charge is -2.04. The van der Waals surface area contributed by atoms with E-state index in [1.807, 2.05) is 13.1 Å². The lowest BCUT2D eigenvalue weighted by atomic mass is 10.1. The van der Waals surface area contributed by atoms with E-state index in [9.17, 15) is 8.78 Å². The molecule has 0 fully saturated rings. The number of benzene rings is 1. The number of alkyl halides is 2. The maximum absolute atomic E-state index is 12.3. The molecule has 0 amide bonds. The summed E-state index contributed by atoms with van der Waals surface area (Å²) in [6.45, 7) is 2.91. The van der Waals surface area contributed by atoms with Crippen molar-refractivity contribution in [2.75, 3.05) is 13.6 Å². The first-order chi connectivity index (χ1) is 7.67. The van der Waals surface area contributed by atoms with Crippen LogP contribution in [-0.4, -0.2) is 13.6 Å². The molecule has 16 heavy (non-hydrogen) atoms. The minimum absolute atomic E-state index is 0.0730. The number of nitrogens with one attached hydrogen (secondary N) is 1. The fourth-order valence-electron chi connectivity index (χ4n) is 1.48. The summed E-state index contributed by atoms with van der Waals surface area (Å²) in [7, 11) is 1.89. The molecule has 0 aliphatic carbocycles. The van der Waals surface area contributed by atoms with Gasteiger partial charge in [0.2, 0.25) is 0 Å². The Kier molecular flexibility index (Phi) is 5.12. The molecule has 0 radical (unpaired) electrons. The lowest BCUT2D eigenvalue weighted by Crippen LogP contribution is -2.09. The zero-order chi connectivity index (χ0) is 12.0. The third-order valence-electron chi connectivity index (χ3n) is 2.42. The molecule has 1 rings (SSSR count). The van der Waals surface area contributed by atoms with Gasteiger partial charge in [-0.05, 0) is 19.0 Å². The van der Waals surface area contributed by atoms with Crippen molar-refractivity contribution in [3.05, 3.63) is 41.0 Å². The highest BCUT2D eigenvalue weighted by Gasteiger charge is 2.05. The molecule has 1 N–H and O–H groups in total. The average Bonchev–Trinajstić information content (AvgIpc) is 2.29. The highest BCUT2D eigenvalue weighted by molar-refractivity contribution is 5.53. The SMILES string of the molecule is CC/C(=C/c1ccc(C(F)F)cc1)CNC. The van der Waals surface area contributed by atoms with Crippen LogP contribution in [0.2, 0.25) is 0 Å². The molecule has 1 nitrogen and oxygen atoms in total. The molecule has 0 bridgehead atoms. The van der Waals surface area contributed by atoms with Crippen molar-refractivity contribution >= 4 is 6.08 Å². The summed E-state index contributed by atoms with van der Waals surface area (Å²) in [6, 6.07) is 6.41. The van der Waals surface area contributed by atoms with Gasteiger partial charge in [-0.3, -0.25) is 0 Å². The zero-order valence-electron chi connectivity index (χ0n) is 9.63. The van der Waals surface area contributed by atoms with Crippen molar-refractivity contribution < 1.29 is 8.78 Å². The van der Waals surface area contributed by atoms with E-state index in [0.717, 1.165) is 18.5 Å². The van der Waals surface area contributed by atoms with E-state index < -0.39 is 6.43 Å². The molecule has 0 atom stereocenters. The topological polar surface area (TPSA) is 12.0 Å². The molecular formula is C13H17F2N. The zero-order valence-corrected chi connectivity index (χ0v) is 9.63. The second kappa shape index (κ2) is 6.38. The van der Waals surface area contributed by atoms with Gasteiger partial charge in [0.25, 0.3) is 6.43 Å². The minimum atomic E-state index is -2.39. The highest BCUT2D eigenvalue weighted by Crippen LogP contribution is 2.19. The van der Waals surface area contributed by atoms with Crippen LogP contribution in [0, 0.1) is 0 Å². The van der Waals surface area contributed by atoms with Gasteiger partial charge in [-0.15, -0.1) is 0 Å². The Balaban J connectivity index is 2.80. The largest absolute Gasteiger partial charge is 0.316 e. The first-order valence-electron chi connectivity index (χ1n) is 5.39. The monoisotopic (exact) mass is 225 g/mol. The van der Waals surface area contributed by atoms with E-state index in [4.69, 9.17) is 0 Å². The maximum atomic E-state index is 12.3. The molecular weight excluding hydrogens is 208 g/mol. The van der Waals surface area contributed by atoms with Crippen molar-refractivity contribution in [3.8, 4) is 0 Å². The van der Waals surface area contributed by atoms with Crippen LogP contribution in [-0.2, 0) is 0 Å². The van der Waals surface area contributed by atoms with Crippen LogP contribution >= 0.6 is 0 Å². The van der Waals surface area contributed by atoms with Crippen LogP contribution in [0.15, 0.2) is 29.8 Å². The normalized spacial score (nSPS) is 12.2. The number of likely N-dealkylation sites (N-methyl/N-ethyl adjacent to an activating group) is 1. The van der Waals surface area contributed by atoms with Gasteiger partial charge in [0.05, 0.1) is 0 Å². The van der Waals surface area contributed by atoms with Gasteiger partial charge in [-0.2, -0.15) is 0 Å². The van der Waals surface area contributed by atoms with E-state index in [-0.39, 0.29) is 5.56 Å². The van der Waals surface area contributed by atoms with Gasteiger partial charge in [0, 0.05) is 12.1 Å². The quantitative estimate of drug-likeness (QED) is 0.806. The summed E-state index contributed by atoms with van der Waals surface area (Å²) in [5.41, 5.74) is 2.30. The molecule has 0 saturated carbocycles. The average molecular weight is 225 g/mol. The highest BCUT2D eigenvalue weighted by atomic mass is 19.3. The van der Waals surface area contributed by atoms with Crippen molar-refractivity contribution in [2.45, 2.75) is 19.8 Å². The van der Waals surface area contributed by atoms with Crippen LogP contribution in [0.4, 0.5) is 8.78 Å². The van der Waals surface area contributed by atoms with Crippen molar-refractivity contribution in [2.24, 2.45) is 0 Å². The molecule has 0 heterocycles. The summed E-state index contributed by atoms with van der Waals surface area (Å²) >= 11 is 0. The van der Waals surface area contributed by atoms with Crippen molar-refractivity contribution in [1.29, 1.82) is 0 Å². The first kappa shape index (κ1) is 12.8. The molecule has 0 spiro atoms. The van der Waals surface area contributed by atoms with Gasteiger partial charge in [0.15, 0.2) is 0 Å². The second-order valence-corrected chi connectivity index (χ2v) is 3.65. The number of hydrogen-bond acceptors (Lipinski definition) is 1. The fourth-order valence-corrected chi connectivity index (χ4v) is 1.48. The van der Waals surface area contributed by atoms with Gasteiger partial charge in [0.1, 0.15) is 0 Å². The van der Waals surface area contributed by atoms with E-state index >= 15 is 0 Å². The number of rotatable bonds is 5. The Morgan fingerprint density at radius 3 is 2.38 bits per heavy atom. The Morgan fingerprint density at radius 2 is 1.94 bits per heavy atom. The van der Waals surface area contributed by atoms with Gasteiger partial charge >= 0.3 is 0 Å². The Hall–Kier alpha value is -1.22. The summed E-state index contributed by atoms with van der Waals surface area (Å²) in [6.07, 6.45) is 0.601. The predicted octanol–water partition coefficient (Wildman–Crippen LogP) is 3.64. The lowest BCUT2D eigenvalue weighted by molar-refractivity contribution is 0.151. The summed E-state index contributed by atoms with van der Waals surface area (Å²) in [4.78, 5) is 0. The Morgan fingerprint density at radius 1 is 1.31 bits per heavy atom. The summed E-state index contributed by atoms with van der Waals surface area (Å²) in [5, 5.41) is 3.08. The van der Waals surface area contributed by atoms with Crippen LogP contribution in [0.1, 0.15) is 30.9 Å². The van der Waals surface area contributed by atoms with E-state index in [2.05, 4.69) is 12.2 Å². The molecule has 0 aliphatic heterocycles. The molecule has 88 valence electrons. The van der Waals surface area contributed by atoms with Gasteiger partial charge < -0.3 is 5.32 Å². The third kappa shape index (κ3) is 3.74. The second-order valence-electron chi connectivity index (χ2n) is 3.65. The van der Waals surface area contributed by atoms with Gasteiger partial charge in [-0.1, -0.05) is 42.8 Å². The fraction of sp³-hybridized carbons (Fsp3) is 0.385. The van der Waals surface area contributed by atoms with Crippen LogP contribution in [0.3, 0.4) is 0 Å². The molecule has 1 aromatic carbocycles. The van der Waals surface area contributed by atoms with Crippen molar-refractivity contribution in [3.63, 3.8) is 0 Å². The van der Waals surface area contributed by atoms with E-state index in [1.54, 1.807) is 12.1 Å². The third-order valence-corrected chi connectivity index (χ3v) is 2.42. The van der Waals surface area contributed by atoms with E-state index in [1.165, 1.54) is 17.7 Å². The number of halogens is 2. The standard InChI is InChI=1S/C13H17F2N/c1-3-10(9-16-2)8-11-4-6-12(7-5-11)13(14)15/h4-8,13,16H,3,9H2,1-2H3/b10-8-. The summed E-state index contributed by atoms with van der Waals surface area (Å²) < 4.78 is 24.6. The molecule has 0 saturated heterocycles. The Bertz CT molecular complexity index is 341. The maximum Gasteiger partial charge on any atom is 0.263 e. The van der Waals surface area contributed by atoms with Gasteiger partial charge in [-0.25, -0.2) is 8.78 Å². The molecule has 3 heteroatoms. The molecule has 0 unspecified atom stereocenters. The van der Waals surface area contributed by atoms with Crippen molar-refractivity contribution in [1.82, 2.24) is 5.32 Å². The van der Waals surface area contributed by atoms with E-state index in [0.29, 0.717) is 0 Å². The van der Waals surface area contributed by atoms with Crippen LogP contribution in [0.5, 0.6) is 0 Å². The first-order valence-corrected chi connectivity index (χ1v) is 5.39. The van der Waals surface area contributed by atoms with Crippen LogP contribution < -0.4 is 5.32 Å². The Labute approximate surface area is 95.2 Å².